The van der Waals surface area contributed by atoms with Gasteiger partial charge in [0.05, 0.1) is 0 Å². The van der Waals surface area contributed by atoms with E-state index < -0.39 is 0 Å². The first-order chi connectivity index (χ1) is 11.9. The SMILES string of the molecule is BrCCCCCCCCCCC=CCCCCCCCCCCBr. The summed E-state index contributed by atoms with van der Waals surface area (Å²) in [4.78, 5) is 0. The van der Waals surface area contributed by atoms with E-state index in [9.17, 15) is 0 Å². The average Bonchev–Trinajstić information content (AvgIpc) is 2.60. The van der Waals surface area contributed by atoms with Gasteiger partial charge in [-0.3, -0.25) is 0 Å². The van der Waals surface area contributed by atoms with Crippen LogP contribution in [-0.4, -0.2) is 10.7 Å². The molecule has 0 radical (unpaired) electrons. The fourth-order valence-electron chi connectivity index (χ4n) is 3.07. The van der Waals surface area contributed by atoms with Gasteiger partial charge in [0.25, 0.3) is 0 Å². The standard InChI is InChI=1S/C22H42Br2/c23-21-19-17-15-13-11-9-7-5-3-1-2-4-6-8-10-12-14-16-18-20-22-24/h1-2H,3-22H2. The van der Waals surface area contributed by atoms with Crippen molar-refractivity contribution in [2.24, 2.45) is 0 Å². The number of hydrogen-bond acceptors (Lipinski definition) is 0. The van der Waals surface area contributed by atoms with E-state index in [0.29, 0.717) is 0 Å². The van der Waals surface area contributed by atoms with Crippen molar-refractivity contribution in [2.75, 3.05) is 10.7 Å². The Labute approximate surface area is 169 Å². The highest BCUT2D eigenvalue weighted by Crippen LogP contribution is 2.12. The Morgan fingerprint density at radius 3 is 0.875 bits per heavy atom. The molecule has 24 heavy (non-hydrogen) atoms. The van der Waals surface area contributed by atoms with Crippen LogP contribution in [-0.2, 0) is 0 Å². The maximum Gasteiger partial charge on any atom is 0.00313 e. The van der Waals surface area contributed by atoms with Crippen molar-refractivity contribution < 1.29 is 0 Å². The largest absolute Gasteiger partial charge is 0.0928 e. The van der Waals surface area contributed by atoms with E-state index in [2.05, 4.69) is 44.0 Å². The fourth-order valence-corrected chi connectivity index (χ4v) is 3.86. The second kappa shape index (κ2) is 23.7. The molecule has 0 rings (SSSR count). The summed E-state index contributed by atoms with van der Waals surface area (Å²) >= 11 is 6.99. The summed E-state index contributed by atoms with van der Waals surface area (Å²) in [6.07, 6.45) is 30.2. The highest BCUT2D eigenvalue weighted by atomic mass is 79.9. The topological polar surface area (TPSA) is 0 Å². The molecular formula is C22H42Br2. The van der Waals surface area contributed by atoms with Crippen LogP contribution in [0.15, 0.2) is 12.2 Å². The van der Waals surface area contributed by atoms with E-state index in [-0.39, 0.29) is 0 Å². The summed E-state index contributed by atoms with van der Waals surface area (Å²) in [7, 11) is 0. The summed E-state index contributed by atoms with van der Waals surface area (Å²) in [5.74, 6) is 0. The lowest BCUT2D eigenvalue weighted by Crippen LogP contribution is -1.82. The van der Waals surface area contributed by atoms with Gasteiger partial charge in [0.2, 0.25) is 0 Å². The summed E-state index contributed by atoms with van der Waals surface area (Å²) in [6, 6.07) is 0. The van der Waals surface area contributed by atoms with Gasteiger partial charge in [-0.15, -0.1) is 0 Å². The Morgan fingerprint density at radius 2 is 0.583 bits per heavy atom. The number of alkyl halides is 2. The first-order valence-corrected chi connectivity index (χ1v) is 12.9. The van der Waals surface area contributed by atoms with Crippen LogP contribution >= 0.6 is 31.9 Å². The third-order valence-corrected chi connectivity index (χ3v) is 5.80. The van der Waals surface area contributed by atoms with Crippen LogP contribution in [0.2, 0.25) is 0 Å². The van der Waals surface area contributed by atoms with E-state index in [1.807, 2.05) is 0 Å². The molecule has 0 aliphatic carbocycles. The van der Waals surface area contributed by atoms with Gasteiger partial charge in [0, 0.05) is 10.7 Å². The zero-order valence-corrected chi connectivity index (χ0v) is 19.2. The van der Waals surface area contributed by atoms with Crippen LogP contribution in [0.4, 0.5) is 0 Å². The third-order valence-electron chi connectivity index (χ3n) is 4.68. The minimum absolute atomic E-state index is 1.18. The van der Waals surface area contributed by atoms with Crippen molar-refractivity contribution in [1.82, 2.24) is 0 Å². The average molecular weight is 466 g/mol. The monoisotopic (exact) mass is 464 g/mol. The Hall–Kier alpha value is 0.700. The fraction of sp³-hybridized carbons (Fsp3) is 0.909. The molecule has 0 saturated carbocycles. The minimum Gasteiger partial charge on any atom is -0.0928 e. The molecule has 144 valence electrons. The van der Waals surface area contributed by atoms with Crippen molar-refractivity contribution in [3.8, 4) is 0 Å². The first-order valence-electron chi connectivity index (χ1n) is 10.7. The normalized spacial score (nSPS) is 11.6. The number of rotatable bonds is 20. The van der Waals surface area contributed by atoms with E-state index in [0.717, 1.165) is 0 Å². The number of allylic oxidation sites excluding steroid dienone is 2. The van der Waals surface area contributed by atoms with Crippen LogP contribution in [0.1, 0.15) is 116 Å². The predicted molar refractivity (Wildman–Crippen MR) is 120 cm³/mol. The number of unbranched alkanes of at least 4 members (excludes halogenated alkanes) is 16. The minimum atomic E-state index is 1.18. The lowest BCUT2D eigenvalue weighted by molar-refractivity contribution is 0.576. The van der Waals surface area contributed by atoms with Crippen LogP contribution in [0.25, 0.3) is 0 Å². The van der Waals surface area contributed by atoms with Gasteiger partial charge in [0.1, 0.15) is 0 Å². The van der Waals surface area contributed by atoms with Gasteiger partial charge in [-0.1, -0.05) is 121 Å². The summed E-state index contributed by atoms with van der Waals surface area (Å²) < 4.78 is 0. The van der Waals surface area contributed by atoms with Gasteiger partial charge < -0.3 is 0 Å². The highest BCUT2D eigenvalue weighted by Gasteiger charge is 1.92. The van der Waals surface area contributed by atoms with E-state index >= 15 is 0 Å². The van der Waals surface area contributed by atoms with Crippen LogP contribution in [0.3, 0.4) is 0 Å². The second-order valence-corrected chi connectivity index (χ2v) is 8.67. The lowest BCUT2D eigenvalue weighted by atomic mass is 10.1. The molecule has 0 fully saturated rings. The first kappa shape index (κ1) is 24.7. The van der Waals surface area contributed by atoms with Gasteiger partial charge in [-0.25, -0.2) is 0 Å². The van der Waals surface area contributed by atoms with Crippen molar-refractivity contribution in [2.45, 2.75) is 116 Å². The number of halogens is 2. The molecule has 0 atom stereocenters. The Kier molecular flexibility index (Phi) is 24.4. The summed E-state index contributed by atoms with van der Waals surface area (Å²) in [6.45, 7) is 0. The van der Waals surface area contributed by atoms with Crippen molar-refractivity contribution in [1.29, 1.82) is 0 Å². The quantitative estimate of drug-likeness (QED) is 0.0953. The lowest BCUT2D eigenvalue weighted by Gasteiger charge is -2.01. The van der Waals surface area contributed by atoms with Crippen LogP contribution < -0.4 is 0 Å². The van der Waals surface area contributed by atoms with Crippen molar-refractivity contribution in [3.63, 3.8) is 0 Å². The van der Waals surface area contributed by atoms with E-state index in [4.69, 9.17) is 0 Å². The molecule has 0 aromatic rings. The molecule has 0 aliphatic heterocycles. The molecule has 0 aliphatic rings. The Balaban J connectivity index is 3.04. The second-order valence-electron chi connectivity index (χ2n) is 7.08. The molecule has 0 nitrogen and oxygen atoms in total. The molecule has 0 aromatic heterocycles. The summed E-state index contributed by atoms with van der Waals surface area (Å²) in [5, 5.41) is 2.36. The zero-order valence-electron chi connectivity index (χ0n) is 16.1. The molecule has 0 saturated heterocycles. The van der Waals surface area contributed by atoms with Gasteiger partial charge in [-0.2, -0.15) is 0 Å². The van der Waals surface area contributed by atoms with Crippen molar-refractivity contribution >= 4 is 31.9 Å². The van der Waals surface area contributed by atoms with Gasteiger partial charge >= 0.3 is 0 Å². The predicted octanol–water partition coefficient (Wildman–Crippen LogP) is 9.35. The van der Waals surface area contributed by atoms with Gasteiger partial charge in [0.15, 0.2) is 0 Å². The molecule has 0 aromatic carbocycles. The number of hydrogen-bond donors (Lipinski definition) is 0. The summed E-state index contributed by atoms with van der Waals surface area (Å²) in [5.41, 5.74) is 0. The third kappa shape index (κ3) is 22.7. The Bertz CT molecular complexity index is 214. The molecule has 0 spiro atoms. The van der Waals surface area contributed by atoms with Crippen molar-refractivity contribution in [3.05, 3.63) is 12.2 Å². The van der Waals surface area contributed by atoms with E-state index in [1.54, 1.807) is 0 Å². The molecular weight excluding hydrogens is 424 g/mol. The maximum atomic E-state index is 3.50. The van der Waals surface area contributed by atoms with Crippen LogP contribution in [0, 0.1) is 0 Å². The van der Waals surface area contributed by atoms with Crippen LogP contribution in [0.5, 0.6) is 0 Å². The Morgan fingerprint density at radius 1 is 0.333 bits per heavy atom. The smallest absolute Gasteiger partial charge is 0.00313 e. The molecule has 2 heteroatoms. The molecule has 0 heterocycles. The molecule has 0 bridgehead atoms. The maximum absolute atomic E-state index is 3.50. The molecule has 0 unspecified atom stereocenters. The van der Waals surface area contributed by atoms with Gasteiger partial charge in [-0.05, 0) is 38.5 Å². The molecule has 0 N–H and O–H groups in total. The molecule has 0 amide bonds. The highest BCUT2D eigenvalue weighted by molar-refractivity contribution is 9.09. The zero-order chi connectivity index (χ0) is 17.6. The van der Waals surface area contributed by atoms with E-state index in [1.165, 1.54) is 126 Å².